The molecule has 6 N–H and O–H groups in total. The molecule has 4 atom stereocenters. The molecule has 0 aromatic carbocycles. The number of aryl methyl sites for hydroxylation is 1. The number of anilines is 2. The van der Waals surface area contributed by atoms with Crippen LogP contribution in [-0.2, 0) is 0 Å². The number of thiazole rings is 1. The molecule has 3 heterocycles. The molecule has 0 amide bonds. The van der Waals surface area contributed by atoms with E-state index < -0.39 is 24.2 Å². The first-order valence-electron chi connectivity index (χ1n) is 10.9. The number of nitrogens with zero attached hydrogens (tertiary/aromatic N) is 4. The van der Waals surface area contributed by atoms with Crippen LogP contribution in [0.15, 0.2) is 18.5 Å². The van der Waals surface area contributed by atoms with Crippen molar-refractivity contribution in [3.8, 4) is 10.6 Å². The van der Waals surface area contributed by atoms with Crippen molar-refractivity contribution >= 4 is 33.3 Å². The summed E-state index contributed by atoms with van der Waals surface area (Å²) in [7, 11) is 0. The molecule has 0 saturated heterocycles. The third kappa shape index (κ3) is 4.92. The zero-order valence-corrected chi connectivity index (χ0v) is 19.7. The highest BCUT2D eigenvalue weighted by Crippen LogP contribution is 2.38. The maximum atomic E-state index is 10.5. The van der Waals surface area contributed by atoms with Crippen LogP contribution in [0.3, 0.4) is 0 Å². The number of rotatable bonds is 8. The first kappa shape index (κ1) is 23.7. The molecule has 3 aromatic rings. The number of hydrogen-bond acceptors (Lipinski definition) is 11. The molecule has 4 unspecified atom stereocenters. The van der Waals surface area contributed by atoms with Crippen molar-refractivity contribution in [1.82, 2.24) is 19.9 Å². The first-order valence-corrected chi connectivity index (χ1v) is 11.7. The van der Waals surface area contributed by atoms with Gasteiger partial charge in [-0.15, -0.1) is 11.3 Å². The molecule has 4 rings (SSSR count). The van der Waals surface area contributed by atoms with Crippen molar-refractivity contribution in [2.75, 3.05) is 30.4 Å². The van der Waals surface area contributed by atoms with Crippen LogP contribution in [0.2, 0.25) is 0 Å². The van der Waals surface area contributed by atoms with Gasteiger partial charge in [-0.3, -0.25) is 4.98 Å². The van der Waals surface area contributed by atoms with E-state index in [1.165, 1.54) is 11.3 Å². The lowest BCUT2D eigenvalue weighted by Crippen LogP contribution is -2.36. The lowest BCUT2D eigenvalue weighted by molar-refractivity contribution is 0.00446. The van der Waals surface area contributed by atoms with Crippen LogP contribution >= 0.6 is 11.3 Å². The minimum absolute atomic E-state index is 0.0105. The molecule has 0 radical (unpaired) electrons. The summed E-state index contributed by atoms with van der Waals surface area (Å²) in [6, 6.07) is 1.40. The SMILES string of the molecule is Cc1nc(NCC(C)(C)CO)nc(NC2CC(CO)C(O)C2O)c1-c1nc2cnccc2s1. The highest BCUT2D eigenvalue weighted by Gasteiger charge is 2.41. The molecule has 33 heavy (non-hydrogen) atoms. The van der Waals surface area contributed by atoms with Crippen molar-refractivity contribution in [3.63, 3.8) is 0 Å². The average Bonchev–Trinajstić information content (AvgIpc) is 3.33. The summed E-state index contributed by atoms with van der Waals surface area (Å²) >= 11 is 1.49. The van der Waals surface area contributed by atoms with Crippen molar-refractivity contribution < 1.29 is 20.4 Å². The number of fused-ring (bicyclic) bond motifs is 1. The number of hydrogen-bond donors (Lipinski definition) is 6. The van der Waals surface area contributed by atoms with Crippen LogP contribution in [0.5, 0.6) is 0 Å². The van der Waals surface area contributed by atoms with Gasteiger partial charge >= 0.3 is 0 Å². The topological polar surface area (TPSA) is 157 Å². The van der Waals surface area contributed by atoms with Crippen molar-refractivity contribution in [2.45, 2.75) is 45.4 Å². The van der Waals surface area contributed by atoms with E-state index >= 15 is 0 Å². The Bertz CT molecular complexity index is 1090. The van der Waals surface area contributed by atoms with Gasteiger partial charge in [-0.2, -0.15) is 4.98 Å². The van der Waals surface area contributed by atoms with E-state index in [0.717, 1.165) is 10.2 Å². The van der Waals surface area contributed by atoms with E-state index in [1.807, 2.05) is 26.8 Å². The highest BCUT2D eigenvalue weighted by atomic mass is 32.1. The number of nitrogens with one attached hydrogen (secondary N) is 2. The molecule has 3 aromatic heterocycles. The molecule has 0 aliphatic heterocycles. The summed E-state index contributed by atoms with van der Waals surface area (Å²) in [5, 5.41) is 47.1. The van der Waals surface area contributed by atoms with Gasteiger partial charge in [0.2, 0.25) is 5.95 Å². The van der Waals surface area contributed by atoms with Gasteiger partial charge in [-0.1, -0.05) is 13.8 Å². The van der Waals surface area contributed by atoms with E-state index in [0.29, 0.717) is 41.0 Å². The normalized spacial score (nSPS) is 23.2. The monoisotopic (exact) mass is 474 g/mol. The van der Waals surface area contributed by atoms with Crippen molar-refractivity contribution in [1.29, 1.82) is 0 Å². The lowest BCUT2D eigenvalue weighted by atomic mass is 9.95. The Kier molecular flexibility index (Phi) is 6.78. The molecular weight excluding hydrogens is 444 g/mol. The fraction of sp³-hybridized carbons (Fsp3) is 0.545. The molecule has 1 aliphatic carbocycles. The average molecular weight is 475 g/mol. The van der Waals surface area contributed by atoms with Gasteiger partial charge in [0.05, 0.1) is 34.3 Å². The van der Waals surface area contributed by atoms with E-state index in [4.69, 9.17) is 4.98 Å². The fourth-order valence-corrected chi connectivity index (χ4v) is 4.93. The van der Waals surface area contributed by atoms with E-state index in [1.54, 1.807) is 12.4 Å². The number of aliphatic hydroxyl groups is 4. The van der Waals surface area contributed by atoms with Crippen molar-refractivity contribution in [2.24, 2.45) is 11.3 Å². The Morgan fingerprint density at radius 3 is 2.61 bits per heavy atom. The largest absolute Gasteiger partial charge is 0.396 e. The maximum absolute atomic E-state index is 10.5. The minimum atomic E-state index is -1.05. The zero-order chi connectivity index (χ0) is 23.8. The molecule has 0 spiro atoms. The molecule has 1 fully saturated rings. The summed E-state index contributed by atoms with van der Waals surface area (Å²) in [6.45, 7) is 6.00. The Labute approximate surface area is 195 Å². The second-order valence-corrected chi connectivity index (χ2v) is 10.3. The van der Waals surface area contributed by atoms with Crippen LogP contribution in [0, 0.1) is 18.3 Å². The second kappa shape index (κ2) is 9.43. The summed E-state index contributed by atoms with van der Waals surface area (Å²) in [4.78, 5) is 18.1. The third-order valence-corrected chi connectivity index (χ3v) is 7.06. The number of aliphatic hydroxyl groups excluding tert-OH is 4. The molecule has 178 valence electrons. The molecule has 11 heteroatoms. The van der Waals surface area contributed by atoms with Crippen LogP contribution < -0.4 is 10.6 Å². The zero-order valence-electron chi connectivity index (χ0n) is 18.9. The van der Waals surface area contributed by atoms with Crippen LogP contribution in [0.1, 0.15) is 26.0 Å². The Morgan fingerprint density at radius 2 is 1.94 bits per heavy atom. The van der Waals surface area contributed by atoms with Gasteiger partial charge in [-0.05, 0) is 19.4 Å². The van der Waals surface area contributed by atoms with Gasteiger partial charge in [0, 0.05) is 37.3 Å². The number of pyridine rings is 1. The van der Waals surface area contributed by atoms with Gasteiger partial charge in [-0.25, -0.2) is 9.97 Å². The van der Waals surface area contributed by atoms with Crippen LogP contribution in [-0.4, -0.2) is 78.4 Å². The van der Waals surface area contributed by atoms with Gasteiger partial charge in [0.25, 0.3) is 0 Å². The van der Waals surface area contributed by atoms with Gasteiger partial charge in [0.1, 0.15) is 22.4 Å². The Hall–Kier alpha value is -2.44. The van der Waals surface area contributed by atoms with Crippen molar-refractivity contribution in [3.05, 3.63) is 24.2 Å². The van der Waals surface area contributed by atoms with E-state index in [9.17, 15) is 20.4 Å². The molecule has 10 nitrogen and oxygen atoms in total. The molecule has 1 aliphatic rings. The van der Waals surface area contributed by atoms with Crippen LogP contribution in [0.25, 0.3) is 20.8 Å². The summed E-state index contributed by atoms with van der Waals surface area (Å²) in [5.41, 5.74) is 1.81. The molecular formula is C22H30N6O4S. The number of aromatic nitrogens is 4. The third-order valence-electron chi connectivity index (χ3n) is 6.01. The van der Waals surface area contributed by atoms with Gasteiger partial charge < -0.3 is 31.1 Å². The quantitative estimate of drug-likeness (QED) is 0.282. The second-order valence-electron chi connectivity index (χ2n) is 9.30. The molecule has 1 saturated carbocycles. The molecule has 0 bridgehead atoms. The lowest BCUT2D eigenvalue weighted by Gasteiger charge is -2.24. The fourth-order valence-electron chi connectivity index (χ4n) is 3.90. The Balaban J connectivity index is 1.73. The summed E-state index contributed by atoms with van der Waals surface area (Å²) in [6.07, 6.45) is 1.75. The first-order chi connectivity index (χ1) is 15.7. The predicted molar refractivity (Wildman–Crippen MR) is 127 cm³/mol. The Morgan fingerprint density at radius 1 is 1.15 bits per heavy atom. The maximum Gasteiger partial charge on any atom is 0.224 e. The minimum Gasteiger partial charge on any atom is -0.396 e. The highest BCUT2D eigenvalue weighted by molar-refractivity contribution is 7.21. The predicted octanol–water partition coefficient (Wildman–Crippen LogP) is 1.40. The van der Waals surface area contributed by atoms with E-state index in [-0.39, 0.29) is 18.6 Å². The van der Waals surface area contributed by atoms with E-state index in [2.05, 4.69) is 25.6 Å². The van der Waals surface area contributed by atoms with Crippen LogP contribution in [0.4, 0.5) is 11.8 Å². The summed E-state index contributed by atoms with van der Waals surface area (Å²) < 4.78 is 0.980. The standard InChI is InChI=1S/C22H30N6O4S/c1-11-16(20-27-14-7-23-5-4-15(14)33-20)19(26-13-6-12(8-29)17(31)18(13)32)28-21(25-11)24-9-22(2,3)10-30/h4-5,7,12-13,17-18,29-32H,6,8-10H2,1-3H3,(H2,24,25,26,28). The smallest absolute Gasteiger partial charge is 0.224 e. The van der Waals surface area contributed by atoms with Gasteiger partial charge in [0.15, 0.2) is 0 Å². The summed E-state index contributed by atoms with van der Waals surface area (Å²) in [5.74, 6) is 0.448.